The number of nitrogens with one attached hydrogen (secondary N) is 1. The van der Waals surface area contributed by atoms with E-state index in [0.29, 0.717) is 0 Å². The number of aromatic nitrogens is 3. The van der Waals surface area contributed by atoms with E-state index in [1.54, 1.807) is 0 Å². The number of likely N-dealkylation sites (N-methyl/N-ethyl adjacent to an activating group) is 1. The number of piperazine rings is 1. The summed E-state index contributed by atoms with van der Waals surface area (Å²) in [4.78, 5) is 9.33. The maximum atomic E-state index is 4.54. The fraction of sp³-hybridized carbons (Fsp3) is 0.333. The Hall–Kier alpha value is -2.70. The highest BCUT2D eigenvalue weighted by Crippen LogP contribution is 2.25. The van der Waals surface area contributed by atoms with E-state index in [9.17, 15) is 0 Å². The molecule has 4 rings (SSSR count). The Morgan fingerprint density at radius 2 is 1.85 bits per heavy atom. The Balaban J connectivity index is 1.48. The van der Waals surface area contributed by atoms with Crippen molar-refractivity contribution in [3.63, 3.8) is 0 Å². The molecule has 6 heteroatoms. The van der Waals surface area contributed by atoms with E-state index < -0.39 is 0 Å². The SMILES string of the molecule is C=C(CN1CCN(C)CC1)Nc1cc2cc(-c3cnn(C)c3)ccc2cn1. The second-order valence-electron chi connectivity index (χ2n) is 7.34. The molecular formula is C21H26N6. The van der Waals surface area contributed by atoms with Crippen LogP contribution in [-0.2, 0) is 7.05 Å². The van der Waals surface area contributed by atoms with Gasteiger partial charge in [0.1, 0.15) is 5.82 Å². The molecule has 3 heterocycles. The fourth-order valence-corrected chi connectivity index (χ4v) is 3.46. The zero-order valence-electron chi connectivity index (χ0n) is 16.0. The summed E-state index contributed by atoms with van der Waals surface area (Å²) in [5.74, 6) is 0.838. The second-order valence-corrected chi connectivity index (χ2v) is 7.34. The van der Waals surface area contributed by atoms with E-state index in [0.717, 1.165) is 66.1 Å². The van der Waals surface area contributed by atoms with Crippen molar-refractivity contribution in [1.29, 1.82) is 0 Å². The Morgan fingerprint density at radius 3 is 2.59 bits per heavy atom. The minimum Gasteiger partial charge on any atom is -0.343 e. The Morgan fingerprint density at radius 1 is 1.04 bits per heavy atom. The van der Waals surface area contributed by atoms with Crippen LogP contribution in [0.3, 0.4) is 0 Å². The number of hydrogen-bond donors (Lipinski definition) is 1. The molecule has 1 N–H and O–H groups in total. The standard InChI is InChI=1S/C21H26N6/c1-16(14-27-8-6-25(2)7-9-27)24-21-11-19-10-17(4-5-18(19)12-22-21)20-13-23-26(3)15-20/h4-5,10-13,15H,1,6-9,14H2,2-3H3,(H,22,24). The van der Waals surface area contributed by atoms with Crippen molar-refractivity contribution in [3.8, 4) is 11.1 Å². The van der Waals surface area contributed by atoms with E-state index in [1.807, 2.05) is 30.3 Å². The molecule has 2 aromatic heterocycles. The number of fused-ring (bicyclic) bond motifs is 1. The summed E-state index contributed by atoms with van der Waals surface area (Å²) in [5.41, 5.74) is 3.25. The maximum Gasteiger partial charge on any atom is 0.130 e. The smallest absolute Gasteiger partial charge is 0.130 e. The van der Waals surface area contributed by atoms with Crippen LogP contribution in [0.2, 0.25) is 0 Å². The van der Waals surface area contributed by atoms with Gasteiger partial charge in [-0.3, -0.25) is 9.58 Å². The highest BCUT2D eigenvalue weighted by Gasteiger charge is 2.14. The van der Waals surface area contributed by atoms with Crippen LogP contribution in [0.1, 0.15) is 0 Å². The number of nitrogens with zero attached hydrogens (tertiary/aromatic N) is 5. The minimum atomic E-state index is 0.838. The quantitative estimate of drug-likeness (QED) is 0.756. The van der Waals surface area contributed by atoms with Crippen LogP contribution in [0.25, 0.3) is 21.9 Å². The number of benzene rings is 1. The van der Waals surface area contributed by atoms with Crippen LogP contribution in [0, 0.1) is 0 Å². The fourth-order valence-electron chi connectivity index (χ4n) is 3.46. The molecule has 1 aromatic carbocycles. The molecule has 0 amide bonds. The normalized spacial score (nSPS) is 15.9. The predicted octanol–water partition coefficient (Wildman–Crippen LogP) is 2.81. The minimum absolute atomic E-state index is 0.838. The van der Waals surface area contributed by atoms with E-state index in [-0.39, 0.29) is 0 Å². The summed E-state index contributed by atoms with van der Waals surface area (Å²) in [5, 5.41) is 9.92. The van der Waals surface area contributed by atoms with Gasteiger partial charge in [-0.1, -0.05) is 18.7 Å². The lowest BCUT2D eigenvalue weighted by Crippen LogP contribution is -2.45. The number of pyridine rings is 1. The van der Waals surface area contributed by atoms with Crippen LogP contribution in [0.15, 0.2) is 55.1 Å². The molecule has 0 unspecified atom stereocenters. The zero-order chi connectivity index (χ0) is 18.8. The summed E-state index contributed by atoms with van der Waals surface area (Å²) in [7, 11) is 4.10. The Bertz CT molecular complexity index is 952. The first-order chi connectivity index (χ1) is 13.1. The maximum absolute atomic E-state index is 4.54. The summed E-state index contributed by atoms with van der Waals surface area (Å²) in [6, 6.07) is 8.49. The van der Waals surface area contributed by atoms with Gasteiger partial charge in [0, 0.05) is 68.8 Å². The van der Waals surface area contributed by atoms with Gasteiger partial charge in [-0.2, -0.15) is 5.10 Å². The molecule has 27 heavy (non-hydrogen) atoms. The first-order valence-electron chi connectivity index (χ1n) is 9.31. The van der Waals surface area contributed by atoms with Crippen molar-refractivity contribution in [2.75, 3.05) is 45.1 Å². The summed E-state index contributed by atoms with van der Waals surface area (Å²) < 4.78 is 1.82. The third kappa shape index (κ3) is 4.18. The van der Waals surface area contributed by atoms with Gasteiger partial charge in [-0.25, -0.2) is 4.98 Å². The number of anilines is 1. The molecule has 0 aliphatic carbocycles. The molecule has 1 fully saturated rings. The molecule has 3 aromatic rings. The highest BCUT2D eigenvalue weighted by atomic mass is 15.3. The highest BCUT2D eigenvalue weighted by molar-refractivity contribution is 5.88. The molecule has 6 nitrogen and oxygen atoms in total. The Kier molecular flexibility index (Phi) is 4.92. The van der Waals surface area contributed by atoms with Gasteiger partial charge >= 0.3 is 0 Å². The molecule has 0 radical (unpaired) electrons. The number of rotatable bonds is 5. The molecule has 1 aliphatic heterocycles. The van der Waals surface area contributed by atoms with Crippen molar-refractivity contribution in [1.82, 2.24) is 24.6 Å². The summed E-state index contributed by atoms with van der Waals surface area (Å²) >= 11 is 0. The second kappa shape index (κ2) is 7.50. The monoisotopic (exact) mass is 362 g/mol. The molecule has 0 bridgehead atoms. The molecule has 0 atom stereocenters. The molecule has 0 spiro atoms. The lowest BCUT2D eigenvalue weighted by atomic mass is 10.1. The Labute approximate surface area is 160 Å². The topological polar surface area (TPSA) is 49.2 Å². The number of hydrogen-bond acceptors (Lipinski definition) is 5. The molecular weight excluding hydrogens is 336 g/mol. The van der Waals surface area contributed by atoms with Gasteiger partial charge in [0.05, 0.1) is 6.20 Å². The lowest BCUT2D eigenvalue weighted by molar-refractivity contribution is 0.164. The van der Waals surface area contributed by atoms with Crippen LogP contribution in [-0.4, -0.2) is 64.3 Å². The van der Waals surface area contributed by atoms with E-state index in [1.165, 1.54) is 0 Å². The molecule has 0 saturated carbocycles. The molecule has 140 valence electrons. The molecule has 1 aliphatic rings. The van der Waals surface area contributed by atoms with Gasteiger partial charge < -0.3 is 10.2 Å². The van der Waals surface area contributed by atoms with Gasteiger partial charge in [0.25, 0.3) is 0 Å². The van der Waals surface area contributed by atoms with Gasteiger partial charge in [-0.15, -0.1) is 0 Å². The van der Waals surface area contributed by atoms with Gasteiger partial charge in [0.2, 0.25) is 0 Å². The van der Waals surface area contributed by atoms with Crippen LogP contribution in [0.5, 0.6) is 0 Å². The average molecular weight is 362 g/mol. The molecule has 1 saturated heterocycles. The first kappa shape index (κ1) is 17.7. The van der Waals surface area contributed by atoms with E-state index in [2.05, 4.69) is 63.1 Å². The van der Waals surface area contributed by atoms with Gasteiger partial charge in [-0.05, 0) is 30.1 Å². The first-order valence-corrected chi connectivity index (χ1v) is 9.31. The summed E-state index contributed by atoms with van der Waals surface area (Å²) in [6.45, 7) is 9.42. The van der Waals surface area contributed by atoms with Crippen molar-refractivity contribution in [2.24, 2.45) is 7.05 Å². The van der Waals surface area contributed by atoms with Crippen LogP contribution >= 0.6 is 0 Å². The number of aryl methyl sites for hydroxylation is 1. The van der Waals surface area contributed by atoms with E-state index >= 15 is 0 Å². The van der Waals surface area contributed by atoms with E-state index in [4.69, 9.17) is 0 Å². The van der Waals surface area contributed by atoms with Crippen molar-refractivity contribution >= 4 is 16.6 Å². The van der Waals surface area contributed by atoms with Gasteiger partial charge in [0.15, 0.2) is 0 Å². The lowest BCUT2D eigenvalue weighted by Gasteiger charge is -2.32. The van der Waals surface area contributed by atoms with Crippen molar-refractivity contribution < 1.29 is 0 Å². The summed E-state index contributed by atoms with van der Waals surface area (Å²) in [6.07, 6.45) is 5.83. The van der Waals surface area contributed by atoms with Crippen LogP contribution < -0.4 is 5.32 Å². The van der Waals surface area contributed by atoms with Crippen molar-refractivity contribution in [2.45, 2.75) is 0 Å². The average Bonchev–Trinajstić information content (AvgIpc) is 3.09. The van der Waals surface area contributed by atoms with Crippen LogP contribution in [0.4, 0.5) is 5.82 Å². The largest absolute Gasteiger partial charge is 0.343 e. The predicted molar refractivity (Wildman–Crippen MR) is 111 cm³/mol. The third-order valence-electron chi connectivity index (χ3n) is 5.08. The zero-order valence-corrected chi connectivity index (χ0v) is 16.0. The third-order valence-corrected chi connectivity index (χ3v) is 5.08. The van der Waals surface area contributed by atoms with Crippen molar-refractivity contribution in [3.05, 3.63) is 55.1 Å².